The van der Waals surface area contributed by atoms with E-state index in [-0.39, 0.29) is 0 Å². The van der Waals surface area contributed by atoms with Gasteiger partial charge in [0.05, 0.1) is 5.75 Å². The van der Waals surface area contributed by atoms with Gasteiger partial charge >= 0.3 is 0 Å². The lowest BCUT2D eigenvalue weighted by molar-refractivity contribution is 1.80. The molecule has 0 aliphatic carbocycles. The molecule has 0 radical (unpaired) electrons. The third kappa shape index (κ3) is 11.9. The van der Waals surface area contributed by atoms with Crippen molar-refractivity contribution in [3.8, 4) is 22.3 Å². The third-order valence-corrected chi connectivity index (χ3v) is 3.62. The van der Waals surface area contributed by atoms with Gasteiger partial charge in [0.25, 0.3) is 0 Å². The molecule has 0 aromatic rings. The van der Waals surface area contributed by atoms with Crippen LogP contribution in [0.2, 0.25) is 39.3 Å². The molecule has 0 nitrogen and oxygen atoms in total. The Labute approximate surface area is 95.3 Å². The van der Waals surface area contributed by atoms with Crippen molar-refractivity contribution in [1.82, 2.24) is 0 Å². The molecule has 0 amide bonds. The minimum absolute atomic E-state index is 0.863. The zero-order chi connectivity index (χ0) is 11.2. The van der Waals surface area contributed by atoms with Crippen LogP contribution >= 0.6 is 11.8 Å². The van der Waals surface area contributed by atoms with Gasteiger partial charge < -0.3 is 0 Å². The molecule has 14 heavy (non-hydrogen) atoms. The van der Waals surface area contributed by atoms with Crippen molar-refractivity contribution in [2.24, 2.45) is 0 Å². The van der Waals surface area contributed by atoms with Gasteiger partial charge in [0.15, 0.2) is 0 Å². The molecule has 0 bridgehead atoms. The molecule has 0 unspecified atom stereocenters. The van der Waals surface area contributed by atoms with E-state index in [1.807, 2.05) is 0 Å². The zero-order valence-corrected chi connectivity index (χ0v) is 12.9. The summed E-state index contributed by atoms with van der Waals surface area (Å²) < 4.78 is 0. The minimum atomic E-state index is -1.18. The molecule has 3 heteroatoms. The molecule has 0 rings (SSSR count). The van der Waals surface area contributed by atoms with Crippen LogP contribution in [0.15, 0.2) is 0 Å². The molecule has 0 heterocycles. The van der Waals surface area contributed by atoms with Crippen molar-refractivity contribution in [3.63, 3.8) is 0 Å². The van der Waals surface area contributed by atoms with Crippen LogP contribution in [0.4, 0.5) is 0 Å². The van der Waals surface area contributed by atoms with Crippen LogP contribution in [-0.2, 0) is 0 Å². The van der Waals surface area contributed by atoms with Gasteiger partial charge in [-0.1, -0.05) is 57.0 Å². The molecule has 78 valence electrons. The predicted molar refractivity (Wildman–Crippen MR) is 74.7 cm³/mol. The number of thioether (sulfide) groups is 1. The summed E-state index contributed by atoms with van der Waals surface area (Å²) in [7, 11) is -2.34. The van der Waals surface area contributed by atoms with Crippen molar-refractivity contribution in [2.75, 3.05) is 5.75 Å². The van der Waals surface area contributed by atoms with E-state index in [0.717, 1.165) is 5.75 Å². The lowest BCUT2D eigenvalue weighted by atomic mass is 10.8. The highest BCUT2D eigenvalue weighted by atomic mass is 32.2. The first-order valence-electron chi connectivity index (χ1n) is 4.85. The van der Waals surface area contributed by atoms with E-state index in [4.69, 9.17) is 0 Å². The quantitative estimate of drug-likeness (QED) is 0.384. The summed E-state index contributed by atoms with van der Waals surface area (Å²) in [6.45, 7) is 13.6. The van der Waals surface area contributed by atoms with E-state index in [2.05, 4.69) is 61.5 Å². The Morgan fingerprint density at radius 1 is 0.857 bits per heavy atom. The molecular weight excluding hydrogens is 220 g/mol. The van der Waals surface area contributed by atoms with E-state index in [1.54, 1.807) is 11.8 Å². The topological polar surface area (TPSA) is 0 Å². The number of rotatable bonds is 1. The molecule has 0 aromatic heterocycles. The van der Waals surface area contributed by atoms with Gasteiger partial charge in [-0.05, 0) is 5.25 Å². The zero-order valence-electron chi connectivity index (χ0n) is 10.1. The highest BCUT2D eigenvalue weighted by molar-refractivity contribution is 8.04. The molecule has 0 aliphatic rings. The lowest BCUT2D eigenvalue weighted by Gasteiger charge is -2.03. The summed E-state index contributed by atoms with van der Waals surface area (Å²) in [5.74, 6) is 4.06. The van der Waals surface area contributed by atoms with Gasteiger partial charge in [0, 0.05) is 0 Å². The van der Waals surface area contributed by atoms with Crippen molar-refractivity contribution in [3.05, 3.63) is 0 Å². The Kier molecular flexibility index (Phi) is 5.67. The van der Waals surface area contributed by atoms with Gasteiger partial charge in [0.1, 0.15) is 16.1 Å². The Bertz CT molecular complexity index is 254. The van der Waals surface area contributed by atoms with Gasteiger partial charge in [-0.15, -0.1) is 11.1 Å². The Morgan fingerprint density at radius 3 is 1.79 bits per heavy atom. The molecule has 0 spiro atoms. The summed E-state index contributed by atoms with van der Waals surface area (Å²) in [4.78, 5) is 0. The number of hydrogen-bond donors (Lipinski definition) is 0. The average Bonchev–Trinajstić information content (AvgIpc) is 1.92. The normalized spacial score (nSPS) is 11.0. The third-order valence-electron chi connectivity index (χ3n) is 1.11. The smallest absolute Gasteiger partial charge is 0.130 e. The summed E-state index contributed by atoms with van der Waals surface area (Å²) >= 11 is 1.64. The van der Waals surface area contributed by atoms with E-state index < -0.39 is 16.1 Å². The predicted octanol–water partition coefficient (Wildman–Crippen LogP) is 3.44. The van der Waals surface area contributed by atoms with Crippen LogP contribution in [0, 0.1) is 22.3 Å². The van der Waals surface area contributed by atoms with Gasteiger partial charge in [0.2, 0.25) is 0 Å². The summed E-state index contributed by atoms with van der Waals surface area (Å²) in [5, 5.41) is 3.15. The Hall–Kier alpha value is -0.0962. The first-order valence-corrected chi connectivity index (χ1v) is 12.8. The number of hydrogen-bond acceptors (Lipinski definition) is 1. The van der Waals surface area contributed by atoms with Crippen molar-refractivity contribution in [1.29, 1.82) is 0 Å². The van der Waals surface area contributed by atoms with E-state index in [0.29, 0.717) is 0 Å². The molecule has 0 saturated heterocycles. The second-order valence-electron chi connectivity index (χ2n) is 5.32. The Morgan fingerprint density at radius 2 is 1.36 bits per heavy atom. The van der Waals surface area contributed by atoms with Crippen LogP contribution in [0.1, 0.15) is 0 Å². The second kappa shape index (κ2) is 5.70. The SMILES string of the molecule is C[Si](C)(C)C#CCSC#C[Si](C)(C)C. The molecule has 0 fully saturated rings. The highest BCUT2D eigenvalue weighted by Crippen LogP contribution is 2.01. The Balaban J connectivity index is 3.85. The molecule has 0 N–H and O–H groups in total. The molecular formula is C11H20SSi2. The van der Waals surface area contributed by atoms with Crippen LogP contribution in [0.3, 0.4) is 0 Å². The minimum Gasteiger partial charge on any atom is -0.131 e. The van der Waals surface area contributed by atoms with Crippen molar-refractivity contribution in [2.45, 2.75) is 39.3 Å². The molecule has 0 aliphatic heterocycles. The van der Waals surface area contributed by atoms with Crippen molar-refractivity contribution >= 4 is 27.9 Å². The highest BCUT2D eigenvalue weighted by Gasteiger charge is 2.07. The van der Waals surface area contributed by atoms with Crippen LogP contribution in [0.25, 0.3) is 0 Å². The lowest BCUT2D eigenvalue weighted by Crippen LogP contribution is -2.16. The van der Waals surface area contributed by atoms with Crippen molar-refractivity contribution < 1.29 is 0 Å². The largest absolute Gasteiger partial charge is 0.131 e. The maximum Gasteiger partial charge on any atom is 0.130 e. The standard InChI is InChI=1S/C11H20SSi2/c1-13(2,3)10-7-8-12-9-11-14(4,5)6/h8H2,1-6H3. The van der Waals surface area contributed by atoms with Gasteiger partial charge in [-0.25, -0.2) is 0 Å². The fourth-order valence-electron chi connectivity index (χ4n) is 0.563. The maximum atomic E-state index is 3.33. The second-order valence-corrected chi connectivity index (χ2v) is 15.6. The maximum absolute atomic E-state index is 3.33. The van der Waals surface area contributed by atoms with Gasteiger partial charge in [-0.2, -0.15) is 0 Å². The fourth-order valence-corrected chi connectivity index (χ4v) is 3.04. The first kappa shape index (κ1) is 13.9. The fraction of sp³-hybridized carbons (Fsp3) is 0.636. The molecule has 0 saturated carbocycles. The van der Waals surface area contributed by atoms with Crippen LogP contribution < -0.4 is 0 Å². The van der Waals surface area contributed by atoms with Crippen LogP contribution in [-0.4, -0.2) is 21.9 Å². The van der Waals surface area contributed by atoms with E-state index >= 15 is 0 Å². The van der Waals surface area contributed by atoms with E-state index in [1.165, 1.54) is 0 Å². The monoisotopic (exact) mass is 240 g/mol. The summed E-state index contributed by atoms with van der Waals surface area (Å²) in [5.41, 5.74) is 6.65. The van der Waals surface area contributed by atoms with Crippen LogP contribution in [0.5, 0.6) is 0 Å². The first-order chi connectivity index (χ1) is 6.21. The van der Waals surface area contributed by atoms with E-state index in [9.17, 15) is 0 Å². The molecule has 0 aromatic carbocycles. The molecule has 0 atom stereocenters. The average molecular weight is 241 g/mol. The van der Waals surface area contributed by atoms with Gasteiger partial charge in [-0.3, -0.25) is 0 Å². The summed E-state index contributed by atoms with van der Waals surface area (Å²) in [6.07, 6.45) is 0. The summed E-state index contributed by atoms with van der Waals surface area (Å²) in [6, 6.07) is 0.